The predicted molar refractivity (Wildman–Crippen MR) is 81.6 cm³/mol. The number of benzene rings is 1. The van der Waals surface area contributed by atoms with Crippen molar-refractivity contribution in [2.75, 3.05) is 13.1 Å². The number of hydrogen-bond acceptors (Lipinski definition) is 4. The molecule has 6 heteroatoms. The molecule has 1 atom stereocenters. The van der Waals surface area contributed by atoms with E-state index in [1.165, 1.54) is 12.1 Å². The predicted octanol–water partition coefficient (Wildman–Crippen LogP) is 2.83. The van der Waals surface area contributed by atoms with Crippen molar-refractivity contribution in [3.8, 4) is 11.5 Å². The van der Waals surface area contributed by atoms with Gasteiger partial charge in [-0.2, -0.15) is 0 Å². The Kier molecular flexibility index (Phi) is 5.33. The molecule has 0 saturated carbocycles. The monoisotopic (exact) mass is 311 g/mol. The quantitative estimate of drug-likeness (QED) is 0.947. The molecule has 0 spiro atoms. The van der Waals surface area contributed by atoms with Crippen LogP contribution in [-0.4, -0.2) is 29.0 Å². The number of halogens is 2. The van der Waals surface area contributed by atoms with E-state index in [-0.39, 0.29) is 24.3 Å². The number of hydrogen-bond donors (Lipinski definition) is 1. The van der Waals surface area contributed by atoms with Gasteiger partial charge in [-0.15, -0.1) is 12.4 Å². The van der Waals surface area contributed by atoms with E-state index in [1.54, 1.807) is 18.4 Å². The van der Waals surface area contributed by atoms with E-state index < -0.39 is 0 Å². The molecule has 21 heavy (non-hydrogen) atoms. The van der Waals surface area contributed by atoms with Gasteiger partial charge in [0.25, 0.3) is 0 Å². The van der Waals surface area contributed by atoms with Crippen molar-refractivity contribution in [1.29, 1.82) is 0 Å². The minimum absolute atomic E-state index is 0. The third kappa shape index (κ3) is 4.03. The van der Waals surface area contributed by atoms with Crippen LogP contribution in [0.25, 0.3) is 11.5 Å². The maximum Gasteiger partial charge on any atom is 0.226 e. The van der Waals surface area contributed by atoms with Crippen molar-refractivity contribution in [1.82, 2.24) is 9.88 Å². The summed E-state index contributed by atoms with van der Waals surface area (Å²) in [4.78, 5) is 6.70. The Morgan fingerprint density at radius 1 is 1.43 bits per heavy atom. The van der Waals surface area contributed by atoms with E-state index in [0.717, 1.165) is 38.2 Å². The number of nitrogens with two attached hydrogens (primary N) is 1. The van der Waals surface area contributed by atoms with Crippen molar-refractivity contribution in [3.63, 3.8) is 0 Å². The zero-order chi connectivity index (χ0) is 13.9. The van der Waals surface area contributed by atoms with Crippen LogP contribution in [0.3, 0.4) is 0 Å². The summed E-state index contributed by atoms with van der Waals surface area (Å²) in [5.74, 6) is 0.171. The van der Waals surface area contributed by atoms with E-state index in [4.69, 9.17) is 10.2 Å². The minimum Gasteiger partial charge on any atom is -0.444 e. The topological polar surface area (TPSA) is 55.3 Å². The standard InChI is InChI=1S/C15H18FN3O.ClH/c16-12-4-1-3-11(7-12)15-18-14(10-20-15)9-19-6-2-5-13(17)8-19;/h1,3-4,7,10,13H,2,5-6,8-9,17H2;1H. The number of piperidine rings is 1. The Balaban J connectivity index is 0.00000161. The molecule has 1 saturated heterocycles. The fraction of sp³-hybridized carbons (Fsp3) is 0.400. The molecule has 0 radical (unpaired) electrons. The van der Waals surface area contributed by atoms with Gasteiger partial charge in [0.2, 0.25) is 5.89 Å². The maximum absolute atomic E-state index is 13.2. The second kappa shape index (κ2) is 7.02. The van der Waals surface area contributed by atoms with Crippen LogP contribution in [0.5, 0.6) is 0 Å². The first-order valence-electron chi connectivity index (χ1n) is 6.89. The molecule has 2 aromatic rings. The zero-order valence-corrected chi connectivity index (χ0v) is 12.5. The third-order valence-electron chi connectivity index (χ3n) is 3.55. The lowest BCUT2D eigenvalue weighted by molar-refractivity contribution is 0.199. The lowest BCUT2D eigenvalue weighted by atomic mass is 10.1. The maximum atomic E-state index is 13.2. The molecular weight excluding hydrogens is 293 g/mol. The molecule has 0 aliphatic carbocycles. The van der Waals surface area contributed by atoms with Crippen molar-refractivity contribution in [2.24, 2.45) is 5.73 Å². The van der Waals surface area contributed by atoms with Crippen LogP contribution in [-0.2, 0) is 6.54 Å². The molecule has 0 amide bonds. The molecule has 114 valence electrons. The molecule has 1 aromatic carbocycles. The number of nitrogens with zero attached hydrogens (tertiary/aromatic N) is 2. The molecule has 4 nitrogen and oxygen atoms in total. The summed E-state index contributed by atoms with van der Waals surface area (Å²) in [6.45, 7) is 2.66. The van der Waals surface area contributed by atoms with Crippen LogP contribution >= 0.6 is 12.4 Å². The first-order valence-corrected chi connectivity index (χ1v) is 6.89. The van der Waals surface area contributed by atoms with Gasteiger partial charge in [-0.05, 0) is 37.6 Å². The van der Waals surface area contributed by atoms with Gasteiger partial charge in [-0.25, -0.2) is 9.37 Å². The Hall–Kier alpha value is -1.43. The van der Waals surface area contributed by atoms with Gasteiger partial charge in [0.1, 0.15) is 12.1 Å². The Labute approximate surface area is 129 Å². The summed E-state index contributed by atoms with van der Waals surface area (Å²) in [7, 11) is 0. The molecule has 1 fully saturated rings. The average molecular weight is 312 g/mol. The summed E-state index contributed by atoms with van der Waals surface area (Å²) in [6.07, 6.45) is 3.85. The summed E-state index contributed by atoms with van der Waals surface area (Å²) >= 11 is 0. The summed E-state index contributed by atoms with van der Waals surface area (Å²) in [6, 6.07) is 6.51. The molecule has 2 N–H and O–H groups in total. The van der Waals surface area contributed by atoms with Crippen LogP contribution in [0.4, 0.5) is 4.39 Å². The van der Waals surface area contributed by atoms with E-state index in [9.17, 15) is 4.39 Å². The highest BCUT2D eigenvalue weighted by molar-refractivity contribution is 5.85. The molecule has 1 aliphatic rings. The van der Waals surface area contributed by atoms with Gasteiger partial charge in [-0.3, -0.25) is 4.90 Å². The van der Waals surface area contributed by atoms with Gasteiger partial charge < -0.3 is 10.2 Å². The normalized spacial score (nSPS) is 19.2. The van der Waals surface area contributed by atoms with Crippen LogP contribution in [0, 0.1) is 5.82 Å². The van der Waals surface area contributed by atoms with Crippen molar-refractivity contribution in [2.45, 2.75) is 25.4 Å². The second-order valence-corrected chi connectivity index (χ2v) is 5.29. The summed E-state index contributed by atoms with van der Waals surface area (Å²) in [5.41, 5.74) is 7.48. The van der Waals surface area contributed by atoms with Crippen molar-refractivity contribution < 1.29 is 8.81 Å². The molecular formula is C15H19ClFN3O. The van der Waals surface area contributed by atoms with Gasteiger partial charge in [0, 0.05) is 24.7 Å². The fourth-order valence-corrected chi connectivity index (χ4v) is 2.60. The third-order valence-corrected chi connectivity index (χ3v) is 3.55. The minimum atomic E-state index is -0.288. The molecule has 0 bridgehead atoms. The first-order chi connectivity index (χ1) is 9.70. The van der Waals surface area contributed by atoms with Gasteiger partial charge in [0.05, 0.1) is 5.69 Å². The second-order valence-electron chi connectivity index (χ2n) is 5.29. The highest BCUT2D eigenvalue weighted by atomic mass is 35.5. The Bertz CT molecular complexity index is 590. The van der Waals surface area contributed by atoms with E-state index >= 15 is 0 Å². The number of aromatic nitrogens is 1. The van der Waals surface area contributed by atoms with E-state index in [1.807, 2.05) is 0 Å². The van der Waals surface area contributed by atoms with Crippen LogP contribution in [0.2, 0.25) is 0 Å². The molecule has 1 aromatic heterocycles. The molecule has 3 rings (SSSR count). The van der Waals surface area contributed by atoms with Gasteiger partial charge in [0.15, 0.2) is 0 Å². The molecule has 1 aliphatic heterocycles. The highest BCUT2D eigenvalue weighted by Gasteiger charge is 2.18. The SMILES string of the molecule is Cl.NC1CCCN(Cc2coc(-c3cccc(F)c3)n2)C1. The highest BCUT2D eigenvalue weighted by Crippen LogP contribution is 2.20. The number of oxazole rings is 1. The Morgan fingerprint density at radius 2 is 2.29 bits per heavy atom. The van der Waals surface area contributed by atoms with Crippen LogP contribution in [0.1, 0.15) is 18.5 Å². The zero-order valence-electron chi connectivity index (χ0n) is 11.7. The lowest BCUT2D eigenvalue weighted by Gasteiger charge is -2.29. The largest absolute Gasteiger partial charge is 0.444 e. The Morgan fingerprint density at radius 3 is 3.05 bits per heavy atom. The lowest BCUT2D eigenvalue weighted by Crippen LogP contribution is -2.42. The van der Waals surface area contributed by atoms with Gasteiger partial charge in [-0.1, -0.05) is 6.07 Å². The molecule has 2 heterocycles. The first kappa shape index (κ1) is 15.9. The van der Waals surface area contributed by atoms with E-state index in [2.05, 4.69) is 9.88 Å². The number of rotatable bonds is 3. The smallest absolute Gasteiger partial charge is 0.226 e. The molecule has 1 unspecified atom stereocenters. The van der Waals surface area contributed by atoms with E-state index in [0.29, 0.717) is 11.5 Å². The van der Waals surface area contributed by atoms with Crippen LogP contribution in [0.15, 0.2) is 34.9 Å². The fourth-order valence-electron chi connectivity index (χ4n) is 2.60. The summed E-state index contributed by atoms with van der Waals surface area (Å²) < 4.78 is 18.6. The number of likely N-dealkylation sites (tertiary alicyclic amines) is 1. The average Bonchev–Trinajstić information content (AvgIpc) is 2.87. The summed E-state index contributed by atoms with van der Waals surface area (Å²) in [5, 5.41) is 0. The van der Waals surface area contributed by atoms with Crippen molar-refractivity contribution >= 4 is 12.4 Å². The van der Waals surface area contributed by atoms with Crippen molar-refractivity contribution in [3.05, 3.63) is 42.0 Å². The van der Waals surface area contributed by atoms with Crippen LogP contribution < -0.4 is 5.73 Å². The van der Waals surface area contributed by atoms with Gasteiger partial charge >= 0.3 is 0 Å².